The van der Waals surface area contributed by atoms with Crippen LogP contribution in [-0.2, 0) is 16.4 Å². The molecule has 1 unspecified atom stereocenters. The molecule has 1 aliphatic rings. The molecule has 0 bridgehead atoms. The fourth-order valence-electron chi connectivity index (χ4n) is 3.27. The van der Waals surface area contributed by atoms with Crippen molar-refractivity contribution in [3.63, 3.8) is 0 Å². The molecule has 3 heterocycles. The SMILES string of the molecule is O=C(NCc1ccccc1F)c1cc(-c2cccs2)n(C2CCS(=O)(=O)C2)n1. The molecule has 0 spiro atoms. The van der Waals surface area contributed by atoms with Gasteiger partial charge in [-0.25, -0.2) is 12.8 Å². The first-order valence-electron chi connectivity index (χ1n) is 8.78. The Labute approximate surface area is 165 Å². The summed E-state index contributed by atoms with van der Waals surface area (Å²) in [5.41, 5.74) is 1.29. The van der Waals surface area contributed by atoms with Crippen LogP contribution >= 0.6 is 11.3 Å². The number of nitrogens with zero attached hydrogens (tertiary/aromatic N) is 2. The lowest BCUT2D eigenvalue weighted by Crippen LogP contribution is -2.24. The van der Waals surface area contributed by atoms with Crippen LogP contribution in [0.3, 0.4) is 0 Å². The number of nitrogens with one attached hydrogen (secondary N) is 1. The molecule has 1 atom stereocenters. The molecule has 4 rings (SSSR count). The average Bonchev–Trinajstić information content (AvgIpc) is 3.39. The van der Waals surface area contributed by atoms with E-state index in [1.807, 2.05) is 17.5 Å². The first-order chi connectivity index (χ1) is 13.4. The van der Waals surface area contributed by atoms with E-state index in [9.17, 15) is 17.6 Å². The van der Waals surface area contributed by atoms with Gasteiger partial charge in [-0.05, 0) is 30.0 Å². The topological polar surface area (TPSA) is 81.1 Å². The fourth-order valence-corrected chi connectivity index (χ4v) is 5.69. The number of hydrogen-bond donors (Lipinski definition) is 1. The van der Waals surface area contributed by atoms with Crippen LogP contribution in [0.15, 0.2) is 47.8 Å². The molecular weight excluding hydrogens is 401 g/mol. The number of rotatable bonds is 5. The van der Waals surface area contributed by atoms with Gasteiger partial charge in [0, 0.05) is 12.1 Å². The second-order valence-corrected chi connectivity index (χ2v) is 9.84. The Morgan fingerprint density at radius 2 is 2.11 bits per heavy atom. The Kier molecular flexibility index (Phi) is 5.03. The van der Waals surface area contributed by atoms with Crippen molar-refractivity contribution in [2.45, 2.75) is 19.0 Å². The van der Waals surface area contributed by atoms with E-state index in [0.29, 0.717) is 17.7 Å². The van der Waals surface area contributed by atoms with Gasteiger partial charge in [0.25, 0.3) is 5.91 Å². The van der Waals surface area contributed by atoms with Gasteiger partial charge in [0.2, 0.25) is 0 Å². The molecule has 1 fully saturated rings. The first kappa shape index (κ1) is 18.8. The number of carbonyl (C=O) groups excluding carboxylic acids is 1. The number of amides is 1. The highest BCUT2D eigenvalue weighted by Gasteiger charge is 2.32. The zero-order valence-electron chi connectivity index (χ0n) is 14.8. The molecule has 1 aromatic carbocycles. The maximum atomic E-state index is 13.7. The third-order valence-electron chi connectivity index (χ3n) is 4.69. The summed E-state index contributed by atoms with van der Waals surface area (Å²) in [7, 11) is -3.09. The third-order valence-corrected chi connectivity index (χ3v) is 7.34. The summed E-state index contributed by atoms with van der Waals surface area (Å²) in [6.45, 7) is 0.0461. The minimum Gasteiger partial charge on any atom is -0.346 e. The predicted molar refractivity (Wildman–Crippen MR) is 105 cm³/mol. The summed E-state index contributed by atoms with van der Waals surface area (Å²) in [6, 6.07) is 11.4. The minimum absolute atomic E-state index is 0.0172. The molecule has 9 heteroatoms. The van der Waals surface area contributed by atoms with Crippen molar-refractivity contribution >= 4 is 27.1 Å². The van der Waals surface area contributed by atoms with Gasteiger partial charge < -0.3 is 5.32 Å². The van der Waals surface area contributed by atoms with Gasteiger partial charge in [0.1, 0.15) is 5.82 Å². The largest absolute Gasteiger partial charge is 0.346 e. The summed E-state index contributed by atoms with van der Waals surface area (Å²) in [6.07, 6.45) is 0.471. The lowest BCUT2D eigenvalue weighted by atomic mass is 10.2. The van der Waals surface area contributed by atoms with Crippen LogP contribution in [0.25, 0.3) is 10.6 Å². The third kappa shape index (κ3) is 3.85. The lowest BCUT2D eigenvalue weighted by Gasteiger charge is -2.12. The fraction of sp³-hybridized carbons (Fsp3) is 0.263. The highest BCUT2D eigenvalue weighted by atomic mass is 32.2. The number of thiophene rings is 1. The van der Waals surface area contributed by atoms with Crippen LogP contribution in [0.1, 0.15) is 28.5 Å². The minimum atomic E-state index is -3.09. The van der Waals surface area contributed by atoms with Gasteiger partial charge in [-0.2, -0.15) is 5.10 Å². The summed E-state index contributed by atoms with van der Waals surface area (Å²) < 4.78 is 39.2. The zero-order valence-corrected chi connectivity index (χ0v) is 16.5. The molecule has 1 saturated heterocycles. The van der Waals surface area contributed by atoms with Crippen LogP contribution in [0, 0.1) is 5.82 Å². The van der Waals surface area contributed by atoms with E-state index in [2.05, 4.69) is 10.4 Å². The standard InChI is InChI=1S/C19H18FN3O3S2/c20-15-5-2-1-4-13(15)11-21-19(24)16-10-17(18-6-3-8-27-18)23(22-16)14-7-9-28(25,26)12-14/h1-6,8,10,14H,7,9,11-12H2,(H,21,24). The van der Waals surface area contributed by atoms with Gasteiger partial charge in [0.05, 0.1) is 28.1 Å². The maximum Gasteiger partial charge on any atom is 0.272 e. The van der Waals surface area contributed by atoms with Crippen molar-refractivity contribution < 1.29 is 17.6 Å². The number of hydrogen-bond acceptors (Lipinski definition) is 5. The molecule has 1 aliphatic heterocycles. The smallest absolute Gasteiger partial charge is 0.272 e. The van der Waals surface area contributed by atoms with Gasteiger partial charge in [-0.15, -0.1) is 11.3 Å². The molecule has 146 valence electrons. The first-order valence-corrected chi connectivity index (χ1v) is 11.5. The van der Waals surface area contributed by atoms with E-state index in [4.69, 9.17) is 0 Å². The van der Waals surface area contributed by atoms with Crippen LogP contribution < -0.4 is 5.32 Å². The van der Waals surface area contributed by atoms with Crippen molar-refractivity contribution in [3.05, 3.63) is 64.9 Å². The van der Waals surface area contributed by atoms with Crippen LogP contribution in [0.5, 0.6) is 0 Å². The van der Waals surface area contributed by atoms with Crippen molar-refractivity contribution in [1.29, 1.82) is 0 Å². The molecule has 0 aliphatic carbocycles. The molecule has 1 N–H and O–H groups in total. The highest BCUT2D eigenvalue weighted by Crippen LogP contribution is 2.32. The number of sulfone groups is 1. The normalized spacial score (nSPS) is 18.2. The van der Waals surface area contributed by atoms with E-state index in [1.54, 1.807) is 28.9 Å². The second-order valence-electron chi connectivity index (χ2n) is 6.67. The van der Waals surface area contributed by atoms with Crippen LogP contribution in [-0.4, -0.2) is 35.6 Å². The van der Waals surface area contributed by atoms with Crippen LogP contribution in [0.4, 0.5) is 4.39 Å². The molecular formula is C19H18FN3O3S2. The number of carbonyl (C=O) groups is 1. The van der Waals surface area contributed by atoms with Crippen molar-refractivity contribution in [3.8, 4) is 10.6 Å². The van der Waals surface area contributed by atoms with E-state index in [0.717, 1.165) is 4.88 Å². The molecule has 0 radical (unpaired) electrons. The van der Waals surface area contributed by atoms with E-state index in [-0.39, 0.29) is 35.6 Å². The summed E-state index contributed by atoms with van der Waals surface area (Å²) >= 11 is 1.49. The van der Waals surface area contributed by atoms with Crippen molar-refractivity contribution in [2.24, 2.45) is 0 Å². The monoisotopic (exact) mass is 419 g/mol. The lowest BCUT2D eigenvalue weighted by molar-refractivity contribution is 0.0944. The highest BCUT2D eigenvalue weighted by molar-refractivity contribution is 7.91. The molecule has 0 saturated carbocycles. The molecule has 2 aromatic heterocycles. The van der Waals surface area contributed by atoms with Gasteiger partial charge >= 0.3 is 0 Å². The van der Waals surface area contributed by atoms with Gasteiger partial charge in [-0.3, -0.25) is 9.48 Å². The maximum absolute atomic E-state index is 13.7. The molecule has 28 heavy (non-hydrogen) atoms. The Balaban J connectivity index is 1.60. The predicted octanol–water partition coefficient (Wildman–Crippen LogP) is 3.04. The van der Waals surface area contributed by atoms with Gasteiger partial charge in [-0.1, -0.05) is 24.3 Å². The molecule has 3 aromatic rings. The number of benzene rings is 1. The van der Waals surface area contributed by atoms with E-state index < -0.39 is 15.7 Å². The number of halogens is 1. The van der Waals surface area contributed by atoms with Crippen LogP contribution in [0.2, 0.25) is 0 Å². The molecule has 1 amide bonds. The average molecular weight is 420 g/mol. The summed E-state index contributed by atoms with van der Waals surface area (Å²) in [4.78, 5) is 13.5. The van der Waals surface area contributed by atoms with E-state index in [1.165, 1.54) is 17.4 Å². The Morgan fingerprint density at radius 3 is 2.79 bits per heavy atom. The summed E-state index contributed by atoms with van der Waals surface area (Å²) in [5, 5.41) is 8.99. The van der Waals surface area contributed by atoms with E-state index >= 15 is 0 Å². The second kappa shape index (κ2) is 7.48. The molecule has 6 nitrogen and oxygen atoms in total. The van der Waals surface area contributed by atoms with Crippen molar-refractivity contribution in [1.82, 2.24) is 15.1 Å². The van der Waals surface area contributed by atoms with Crippen molar-refractivity contribution in [2.75, 3.05) is 11.5 Å². The Hall–Kier alpha value is -2.52. The summed E-state index contributed by atoms with van der Waals surface area (Å²) in [5.74, 6) is -0.677. The number of aromatic nitrogens is 2. The Bertz CT molecular complexity index is 1110. The Morgan fingerprint density at radius 1 is 1.29 bits per heavy atom. The van der Waals surface area contributed by atoms with Gasteiger partial charge in [0.15, 0.2) is 15.5 Å². The quantitative estimate of drug-likeness (QED) is 0.689. The zero-order chi connectivity index (χ0) is 19.7.